The number of hydrogen-bond donors (Lipinski definition) is 0. The van der Waals surface area contributed by atoms with E-state index in [1.807, 2.05) is 42.5 Å². The average molecular weight is 402 g/mol. The molecule has 0 saturated heterocycles. The second-order valence-electron chi connectivity index (χ2n) is 6.17. The summed E-state index contributed by atoms with van der Waals surface area (Å²) in [5.74, 6) is -0.363. The molecular formula is C21H13F3O3S. The van der Waals surface area contributed by atoms with Crippen molar-refractivity contribution in [2.45, 2.75) is 5.51 Å². The molecule has 0 N–H and O–H groups in total. The van der Waals surface area contributed by atoms with Crippen molar-refractivity contribution in [2.24, 2.45) is 0 Å². The lowest BCUT2D eigenvalue weighted by Crippen LogP contribution is -2.28. The highest BCUT2D eigenvalue weighted by molar-refractivity contribution is 7.88. The van der Waals surface area contributed by atoms with Gasteiger partial charge in [-0.25, -0.2) is 0 Å². The fourth-order valence-corrected chi connectivity index (χ4v) is 3.70. The first-order valence-electron chi connectivity index (χ1n) is 8.28. The molecule has 0 heterocycles. The molecule has 4 aromatic rings. The number of hydrogen-bond acceptors (Lipinski definition) is 3. The second-order valence-corrected chi connectivity index (χ2v) is 7.71. The third-order valence-electron chi connectivity index (χ3n) is 4.43. The Hall–Kier alpha value is -3.06. The number of alkyl halides is 3. The van der Waals surface area contributed by atoms with Gasteiger partial charge in [0.1, 0.15) is 0 Å². The van der Waals surface area contributed by atoms with E-state index in [-0.39, 0.29) is 5.75 Å². The lowest BCUT2D eigenvalue weighted by atomic mass is 9.93. The highest BCUT2D eigenvalue weighted by Crippen LogP contribution is 2.40. The van der Waals surface area contributed by atoms with E-state index in [1.165, 1.54) is 12.1 Å². The van der Waals surface area contributed by atoms with Crippen LogP contribution in [0, 0.1) is 0 Å². The predicted molar refractivity (Wildman–Crippen MR) is 102 cm³/mol. The Morgan fingerprint density at radius 2 is 1.25 bits per heavy atom. The van der Waals surface area contributed by atoms with Gasteiger partial charge in [0, 0.05) is 5.39 Å². The van der Waals surface area contributed by atoms with Crippen LogP contribution in [0.5, 0.6) is 5.75 Å². The van der Waals surface area contributed by atoms with Gasteiger partial charge in [0.05, 0.1) is 0 Å². The van der Waals surface area contributed by atoms with E-state index in [9.17, 15) is 21.6 Å². The Morgan fingerprint density at radius 3 is 1.96 bits per heavy atom. The number of benzene rings is 4. The molecule has 0 aliphatic heterocycles. The van der Waals surface area contributed by atoms with Crippen LogP contribution in [0.1, 0.15) is 0 Å². The lowest BCUT2D eigenvalue weighted by Gasteiger charge is -2.15. The molecule has 3 nitrogen and oxygen atoms in total. The Kier molecular flexibility index (Phi) is 4.27. The highest BCUT2D eigenvalue weighted by atomic mass is 32.2. The summed E-state index contributed by atoms with van der Waals surface area (Å²) >= 11 is 0. The van der Waals surface area contributed by atoms with Gasteiger partial charge in [-0.1, -0.05) is 72.8 Å². The Labute approximate surface area is 159 Å². The first-order chi connectivity index (χ1) is 13.3. The number of fused-ring (bicyclic) bond motifs is 2. The van der Waals surface area contributed by atoms with Crippen LogP contribution in [0.2, 0.25) is 0 Å². The quantitative estimate of drug-likeness (QED) is 0.317. The summed E-state index contributed by atoms with van der Waals surface area (Å²) in [6.45, 7) is 0. The normalized spacial score (nSPS) is 12.4. The van der Waals surface area contributed by atoms with Crippen LogP contribution in [0.25, 0.3) is 32.7 Å². The second kappa shape index (κ2) is 6.53. The molecule has 0 bridgehead atoms. The average Bonchev–Trinajstić information content (AvgIpc) is 2.66. The molecular weight excluding hydrogens is 389 g/mol. The van der Waals surface area contributed by atoms with Gasteiger partial charge in [-0.3, -0.25) is 0 Å². The van der Waals surface area contributed by atoms with Gasteiger partial charge in [-0.05, 0) is 33.4 Å². The highest BCUT2D eigenvalue weighted by Gasteiger charge is 2.48. The van der Waals surface area contributed by atoms with E-state index in [4.69, 9.17) is 0 Å². The SMILES string of the molecule is O=S(=O)(Oc1cccc2cccc(-c3cccc4ccccc34)c12)C(F)(F)F. The van der Waals surface area contributed by atoms with E-state index in [1.54, 1.807) is 24.3 Å². The molecule has 7 heteroatoms. The molecule has 142 valence electrons. The van der Waals surface area contributed by atoms with E-state index >= 15 is 0 Å². The summed E-state index contributed by atoms with van der Waals surface area (Å²) in [6.07, 6.45) is 0. The van der Waals surface area contributed by atoms with Crippen molar-refractivity contribution in [3.63, 3.8) is 0 Å². The van der Waals surface area contributed by atoms with Crippen LogP contribution in [-0.4, -0.2) is 13.9 Å². The smallest absolute Gasteiger partial charge is 0.375 e. The lowest BCUT2D eigenvalue weighted by molar-refractivity contribution is -0.0499. The molecule has 0 aliphatic carbocycles. The topological polar surface area (TPSA) is 43.4 Å². The van der Waals surface area contributed by atoms with Crippen LogP contribution in [0.15, 0.2) is 78.9 Å². The standard InChI is InChI=1S/C21H13F3O3S/c22-21(23,24)28(25,26)27-19-13-5-9-15-8-4-12-18(20(15)19)17-11-3-7-14-6-1-2-10-16(14)17/h1-13H. The molecule has 0 amide bonds. The van der Waals surface area contributed by atoms with E-state index < -0.39 is 15.6 Å². The van der Waals surface area contributed by atoms with Gasteiger partial charge < -0.3 is 4.18 Å². The first-order valence-corrected chi connectivity index (χ1v) is 9.69. The summed E-state index contributed by atoms with van der Waals surface area (Å²) in [6, 6.07) is 22.7. The van der Waals surface area contributed by atoms with Crippen LogP contribution in [-0.2, 0) is 10.1 Å². The summed E-state index contributed by atoms with van der Waals surface area (Å²) in [5, 5.41) is 2.72. The molecule has 4 aromatic carbocycles. The maximum Gasteiger partial charge on any atom is 0.534 e. The molecule has 0 radical (unpaired) electrons. The van der Waals surface area contributed by atoms with Crippen molar-refractivity contribution in [3.05, 3.63) is 78.9 Å². The summed E-state index contributed by atoms with van der Waals surface area (Å²) < 4.78 is 66.2. The minimum absolute atomic E-state index is 0.300. The maximum atomic E-state index is 12.8. The summed E-state index contributed by atoms with van der Waals surface area (Å²) in [5.41, 5.74) is -4.16. The molecule has 0 fully saturated rings. The number of halogens is 3. The third kappa shape index (κ3) is 3.07. The van der Waals surface area contributed by atoms with Gasteiger partial charge in [0.2, 0.25) is 0 Å². The molecule has 4 rings (SSSR count). The van der Waals surface area contributed by atoms with Gasteiger partial charge >= 0.3 is 15.6 Å². The molecule has 28 heavy (non-hydrogen) atoms. The summed E-state index contributed by atoms with van der Waals surface area (Å²) in [4.78, 5) is 0. The molecule has 0 aromatic heterocycles. The molecule has 0 spiro atoms. The minimum Gasteiger partial charge on any atom is -0.375 e. The van der Waals surface area contributed by atoms with Crippen molar-refractivity contribution in [3.8, 4) is 16.9 Å². The Bertz CT molecular complexity index is 1280. The zero-order chi connectivity index (χ0) is 19.9. The van der Waals surface area contributed by atoms with Crippen LogP contribution < -0.4 is 4.18 Å². The fourth-order valence-electron chi connectivity index (χ4n) is 3.23. The van der Waals surface area contributed by atoms with Crippen LogP contribution >= 0.6 is 0 Å². The van der Waals surface area contributed by atoms with Gasteiger partial charge in [0.25, 0.3) is 0 Å². The van der Waals surface area contributed by atoms with Crippen molar-refractivity contribution >= 4 is 31.7 Å². The first kappa shape index (κ1) is 18.3. The van der Waals surface area contributed by atoms with Crippen LogP contribution in [0.3, 0.4) is 0 Å². The van der Waals surface area contributed by atoms with Crippen molar-refractivity contribution in [1.29, 1.82) is 0 Å². The molecule has 0 unspecified atom stereocenters. The predicted octanol–water partition coefficient (Wildman–Crippen LogP) is 5.89. The Balaban J connectivity index is 2.01. The third-order valence-corrected chi connectivity index (χ3v) is 5.40. The molecule has 0 atom stereocenters. The van der Waals surface area contributed by atoms with Gasteiger partial charge in [-0.2, -0.15) is 21.6 Å². The van der Waals surface area contributed by atoms with E-state index in [0.717, 1.165) is 16.3 Å². The monoisotopic (exact) mass is 402 g/mol. The Morgan fingerprint density at radius 1 is 0.679 bits per heavy atom. The molecule has 0 saturated carbocycles. The van der Waals surface area contributed by atoms with Gasteiger partial charge in [-0.15, -0.1) is 0 Å². The molecule has 0 aliphatic rings. The minimum atomic E-state index is -5.78. The zero-order valence-electron chi connectivity index (χ0n) is 14.3. The van der Waals surface area contributed by atoms with Gasteiger partial charge in [0.15, 0.2) is 5.75 Å². The largest absolute Gasteiger partial charge is 0.534 e. The maximum absolute atomic E-state index is 12.8. The summed E-state index contributed by atoms with van der Waals surface area (Å²) in [7, 11) is -5.78. The van der Waals surface area contributed by atoms with Crippen molar-refractivity contribution in [2.75, 3.05) is 0 Å². The van der Waals surface area contributed by atoms with E-state index in [0.29, 0.717) is 16.3 Å². The van der Waals surface area contributed by atoms with E-state index in [2.05, 4.69) is 4.18 Å². The number of rotatable bonds is 3. The van der Waals surface area contributed by atoms with Crippen LogP contribution in [0.4, 0.5) is 13.2 Å². The fraction of sp³-hybridized carbons (Fsp3) is 0.0476. The van der Waals surface area contributed by atoms with Crippen molar-refractivity contribution in [1.82, 2.24) is 0 Å². The van der Waals surface area contributed by atoms with Crippen molar-refractivity contribution < 1.29 is 25.8 Å². The zero-order valence-corrected chi connectivity index (χ0v) is 15.1.